The van der Waals surface area contributed by atoms with Gasteiger partial charge in [0.2, 0.25) is 11.8 Å². The van der Waals surface area contributed by atoms with Crippen LogP contribution in [0.1, 0.15) is 33.1 Å². The Morgan fingerprint density at radius 2 is 2.25 bits per heavy atom. The molecule has 0 bridgehead atoms. The van der Waals surface area contributed by atoms with E-state index in [1.807, 2.05) is 0 Å². The maximum atomic E-state index is 11.3. The molecule has 1 N–H and O–H groups in total. The van der Waals surface area contributed by atoms with Crippen LogP contribution in [0.3, 0.4) is 0 Å². The molecule has 0 saturated carbocycles. The molecule has 12 heavy (non-hydrogen) atoms. The van der Waals surface area contributed by atoms with Gasteiger partial charge in [-0.15, -0.1) is 0 Å². The Labute approximate surface area is 72.5 Å². The summed E-state index contributed by atoms with van der Waals surface area (Å²) in [4.78, 5) is 22.1. The fourth-order valence-corrected chi connectivity index (χ4v) is 1.54. The quantitative estimate of drug-likeness (QED) is 0.629. The number of hydrogen-bond acceptors (Lipinski definition) is 2. The Kier molecular flexibility index (Phi) is 2.84. The minimum absolute atomic E-state index is 0.0488. The van der Waals surface area contributed by atoms with Crippen LogP contribution in [-0.2, 0) is 9.59 Å². The highest BCUT2D eigenvalue weighted by Gasteiger charge is 2.29. The second-order valence-corrected chi connectivity index (χ2v) is 3.44. The van der Waals surface area contributed by atoms with Crippen LogP contribution in [0, 0.1) is 11.8 Å². The van der Waals surface area contributed by atoms with Gasteiger partial charge >= 0.3 is 0 Å². The van der Waals surface area contributed by atoms with Gasteiger partial charge in [-0.1, -0.05) is 20.3 Å². The van der Waals surface area contributed by atoms with Gasteiger partial charge < -0.3 is 0 Å². The van der Waals surface area contributed by atoms with Gasteiger partial charge in [-0.2, -0.15) is 0 Å². The standard InChI is InChI=1S/C9H15NO2/c1-3-6(2)7-4-5-8(11)10-9(7)12/h6-7H,3-5H2,1-2H3,(H,10,11,12). The molecule has 1 heterocycles. The van der Waals surface area contributed by atoms with Crippen LogP contribution in [0.4, 0.5) is 0 Å². The number of carbonyl (C=O) groups excluding carboxylic acids is 2. The molecule has 1 aliphatic heterocycles. The van der Waals surface area contributed by atoms with E-state index < -0.39 is 0 Å². The SMILES string of the molecule is CCC(C)C1CCC(=O)NC1=O. The summed E-state index contributed by atoms with van der Waals surface area (Å²) in [6.45, 7) is 4.12. The molecule has 0 aromatic heterocycles. The molecule has 1 saturated heterocycles. The van der Waals surface area contributed by atoms with Gasteiger partial charge in [0.15, 0.2) is 0 Å². The van der Waals surface area contributed by atoms with Crippen molar-refractivity contribution in [2.75, 3.05) is 0 Å². The van der Waals surface area contributed by atoms with E-state index in [2.05, 4.69) is 19.2 Å². The fourth-order valence-electron chi connectivity index (χ4n) is 1.54. The lowest BCUT2D eigenvalue weighted by molar-refractivity contribution is -0.137. The molecule has 3 nitrogen and oxygen atoms in total. The van der Waals surface area contributed by atoms with Crippen molar-refractivity contribution in [3.63, 3.8) is 0 Å². The van der Waals surface area contributed by atoms with E-state index in [1.54, 1.807) is 0 Å². The molecule has 2 atom stereocenters. The average Bonchev–Trinajstić information content (AvgIpc) is 2.03. The van der Waals surface area contributed by atoms with Crippen LogP contribution in [-0.4, -0.2) is 11.8 Å². The molecule has 1 fully saturated rings. The van der Waals surface area contributed by atoms with E-state index in [0.29, 0.717) is 12.3 Å². The van der Waals surface area contributed by atoms with Crippen molar-refractivity contribution in [1.82, 2.24) is 5.32 Å². The van der Waals surface area contributed by atoms with Crippen LogP contribution in [0.15, 0.2) is 0 Å². The Morgan fingerprint density at radius 1 is 1.58 bits per heavy atom. The summed E-state index contributed by atoms with van der Waals surface area (Å²) in [5, 5.41) is 2.37. The van der Waals surface area contributed by atoms with E-state index in [0.717, 1.165) is 12.8 Å². The summed E-state index contributed by atoms with van der Waals surface area (Å²) in [5.74, 6) is 0.228. The van der Waals surface area contributed by atoms with Crippen molar-refractivity contribution in [3.05, 3.63) is 0 Å². The first-order valence-corrected chi connectivity index (χ1v) is 4.48. The molecule has 0 aliphatic carbocycles. The highest BCUT2D eigenvalue weighted by Crippen LogP contribution is 2.23. The molecule has 2 amide bonds. The van der Waals surface area contributed by atoms with Gasteiger partial charge in [0.1, 0.15) is 0 Å². The minimum atomic E-state index is -0.125. The van der Waals surface area contributed by atoms with Crippen molar-refractivity contribution in [2.24, 2.45) is 11.8 Å². The normalized spacial score (nSPS) is 26.7. The topological polar surface area (TPSA) is 46.2 Å². The summed E-state index contributed by atoms with van der Waals surface area (Å²) < 4.78 is 0. The van der Waals surface area contributed by atoms with Gasteiger partial charge in [0.25, 0.3) is 0 Å². The van der Waals surface area contributed by atoms with Crippen LogP contribution in [0.2, 0.25) is 0 Å². The zero-order valence-corrected chi connectivity index (χ0v) is 7.59. The second kappa shape index (κ2) is 3.70. The molecule has 3 heteroatoms. The van der Waals surface area contributed by atoms with Gasteiger partial charge in [0.05, 0.1) is 0 Å². The van der Waals surface area contributed by atoms with Crippen LogP contribution in [0.5, 0.6) is 0 Å². The highest BCUT2D eigenvalue weighted by molar-refractivity contribution is 5.98. The lowest BCUT2D eigenvalue weighted by Gasteiger charge is -2.25. The van der Waals surface area contributed by atoms with E-state index in [4.69, 9.17) is 0 Å². The first kappa shape index (κ1) is 9.23. The smallest absolute Gasteiger partial charge is 0.229 e. The van der Waals surface area contributed by atoms with Crippen LogP contribution < -0.4 is 5.32 Å². The average molecular weight is 169 g/mol. The summed E-state index contributed by atoms with van der Waals surface area (Å²) in [5.41, 5.74) is 0. The fraction of sp³-hybridized carbons (Fsp3) is 0.778. The monoisotopic (exact) mass is 169 g/mol. The molecule has 0 aromatic rings. The third kappa shape index (κ3) is 1.84. The van der Waals surface area contributed by atoms with Crippen LogP contribution >= 0.6 is 0 Å². The number of nitrogens with one attached hydrogen (secondary N) is 1. The zero-order chi connectivity index (χ0) is 9.14. The molecule has 68 valence electrons. The molecular weight excluding hydrogens is 154 g/mol. The van der Waals surface area contributed by atoms with E-state index >= 15 is 0 Å². The Morgan fingerprint density at radius 3 is 2.75 bits per heavy atom. The lowest BCUT2D eigenvalue weighted by atomic mass is 9.85. The predicted molar refractivity (Wildman–Crippen MR) is 45.3 cm³/mol. The van der Waals surface area contributed by atoms with E-state index in [9.17, 15) is 9.59 Å². The van der Waals surface area contributed by atoms with Gasteiger partial charge in [-0.05, 0) is 12.3 Å². The number of hydrogen-bond donors (Lipinski definition) is 1. The molecule has 0 spiro atoms. The number of amides is 2. The van der Waals surface area contributed by atoms with Crippen molar-refractivity contribution >= 4 is 11.8 Å². The van der Waals surface area contributed by atoms with E-state index in [-0.39, 0.29) is 17.7 Å². The van der Waals surface area contributed by atoms with Gasteiger partial charge in [-0.25, -0.2) is 0 Å². The number of rotatable bonds is 2. The third-order valence-corrected chi connectivity index (χ3v) is 2.61. The first-order valence-electron chi connectivity index (χ1n) is 4.48. The summed E-state index contributed by atoms with van der Waals surface area (Å²) in [6, 6.07) is 0. The minimum Gasteiger partial charge on any atom is -0.296 e. The second-order valence-electron chi connectivity index (χ2n) is 3.44. The summed E-state index contributed by atoms with van der Waals surface area (Å²) >= 11 is 0. The summed E-state index contributed by atoms with van der Waals surface area (Å²) in [7, 11) is 0. The largest absolute Gasteiger partial charge is 0.296 e. The Balaban J connectivity index is 2.56. The molecule has 0 aromatic carbocycles. The maximum absolute atomic E-state index is 11.3. The molecule has 2 unspecified atom stereocenters. The Bertz CT molecular complexity index is 201. The number of carbonyl (C=O) groups is 2. The highest BCUT2D eigenvalue weighted by atomic mass is 16.2. The van der Waals surface area contributed by atoms with E-state index in [1.165, 1.54) is 0 Å². The molecule has 1 aliphatic rings. The number of imide groups is 1. The van der Waals surface area contributed by atoms with Crippen molar-refractivity contribution in [1.29, 1.82) is 0 Å². The molecule has 1 rings (SSSR count). The summed E-state index contributed by atoms with van der Waals surface area (Å²) in [6.07, 6.45) is 2.21. The predicted octanol–water partition coefficient (Wildman–Crippen LogP) is 1.09. The van der Waals surface area contributed by atoms with Crippen molar-refractivity contribution < 1.29 is 9.59 Å². The maximum Gasteiger partial charge on any atom is 0.229 e. The number of piperidine rings is 1. The zero-order valence-electron chi connectivity index (χ0n) is 7.59. The van der Waals surface area contributed by atoms with Gasteiger partial charge in [-0.3, -0.25) is 14.9 Å². The molecule has 0 radical (unpaired) electrons. The molecular formula is C9H15NO2. The van der Waals surface area contributed by atoms with Crippen molar-refractivity contribution in [2.45, 2.75) is 33.1 Å². The van der Waals surface area contributed by atoms with Gasteiger partial charge in [0, 0.05) is 12.3 Å². The third-order valence-electron chi connectivity index (χ3n) is 2.61. The van der Waals surface area contributed by atoms with Crippen LogP contribution in [0.25, 0.3) is 0 Å². The lowest BCUT2D eigenvalue weighted by Crippen LogP contribution is -2.42. The Hall–Kier alpha value is -0.860. The first-order chi connectivity index (χ1) is 5.65. The van der Waals surface area contributed by atoms with Crippen molar-refractivity contribution in [3.8, 4) is 0 Å².